The van der Waals surface area contributed by atoms with E-state index in [1.807, 2.05) is 43.2 Å². The molecule has 5 heteroatoms. The van der Waals surface area contributed by atoms with Gasteiger partial charge in [0, 0.05) is 39.5 Å². The van der Waals surface area contributed by atoms with Gasteiger partial charge in [-0.1, -0.05) is 43.2 Å². The molecule has 0 atom stereocenters. The van der Waals surface area contributed by atoms with Crippen molar-refractivity contribution in [1.82, 2.24) is 0 Å². The van der Waals surface area contributed by atoms with Crippen LogP contribution in [0, 0.1) is 0 Å². The third-order valence-corrected chi connectivity index (χ3v) is 6.23. The van der Waals surface area contributed by atoms with Crippen molar-refractivity contribution in [2.24, 2.45) is 0 Å². The molecule has 2 rings (SSSR count). The first kappa shape index (κ1) is 12.9. The molecular weight excluding hydrogens is 259 g/mol. The maximum Gasteiger partial charge on any atom is 0.00450 e. The van der Waals surface area contributed by atoms with Gasteiger partial charge in [-0.05, 0) is 12.8 Å². The summed E-state index contributed by atoms with van der Waals surface area (Å²) in [7, 11) is 7.96. The van der Waals surface area contributed by atoms with Crippen LogP contribution >= 0.6 is 43.2 Å². The van der Waals surface area contributed by atoms with Gasteiger partial charge in [-0.15, -0.1) is 0 Å². The summed E-state index contributed by atoms with van der Waals surface area (Å²) in [4.78, 5) is 0. The number of hydrogen-bond donors (Lipinski definition) is 0. The van der Waals surface area contributed by atoms with E-state index in [1.165, 1.54) is 35.9 Å². The standard InChI is InChI=1S/2C3H6S2.Ni/c2*1-2-4-5-3-1;/h2*1-3H2;. The van der Waals surface area contributed by atoms with E-state index in [9.17, 15) is 0 Å². The van der Waals surface area contributed by atoms with Crippen LogP contribution < -0.4 is 0 Å². The summed E-state index contributed by atoms with van der Waals surface area (Å²) in [5.41, 5.74) is 0. The van der Waals surface area contributed by atoms with Crippen LogP contribution in [0.2, 0.25) is 0 Å². The molecule has 70 valence electrons. The molecule has 2 aliphatic rings. The average molecular weight is 271 g/mol. The van der Waals surface area contributed by atoms with Crippen LogP contribution in [0.5, 0.6) is 0 Å². The van der Waals surface area contributed by atoms with Crippen LogP contribution in [0.25, 0.3) is 0 Å². The van der Waals surface area contributed by atoms with Crippen LogP contribution in [0.3, 0.4) is 0 Å². The van der Waals surface area contributed by atoms with E-state index >= 15 is 0 Å². The molecule has 2 fully saturated rings. The Balaban J connectivity index is 0.000000167. The van der Waals surface area contributed by atoms with Gasteiger partial charge in [-0.3, -0.25) is 0 Å². The van der Waals surface area contributed by atoms with Gasteiger partial charge in [0.25, 0.3) is 0 Å². The molecule has 0 amide bonds. The van der Waals surface area contributed by atoms with Crippen molar-refractivity contribution < 1.29 is 16.5 Å². The molecule has 0 aromatic heterocycles. The van der Waals surface area contributed by atoms with Crippen molar-refractivity contribution in [1.29, 1.82) is 0 Å². The minimum Gasteiger partial charge on any atom is -0.0941 e. The van der Waals surface area contributed by atoms with E-state index in [1.54, 1.807) is 0 Å². The fourth-order valence-corrected chi connectivity index (χ4v) is 5.30. The smallest absolute Gasteiger partial charge is 0.00450 e. The van der Waals surface area contributed by atoms with E-state index in [0.29, 0.717) is 0 Å². The Labute approximate surface area is 94.9 Å². The summed E-state index contributed by atoms with van der Waals surface area (Å²) in [5.74, 6) is 5.52. The quantitative estimate of drug-likeness (QED) is 0.488. The van der Waals surface area contributed by atoms with E-state index in [2.05, 4.69) is 0 Å². The average Bonchev–Trinajstić information content (AvgIpc) is 2.67. The fourth-order valence-electron chi connectivity index (χ4n) is 0.589. The minimum absolute atomic E-state index is 0. The summed E-state index contributed by atoms with van der Waals surface area (Å²) < 4.78 is 0. The van der Waals surface area contributed by atoms with Crippen LogP contribution in [0.15, 0.2) is 0 Å². The molecule has 0 aromatic rings. The molecule has 0 aliphatic carbocycles. The van der Waals surface area contributed by atoms with Crippen molar-refractivity contribution in [3.8, 4) is 0 Å². The molecule has 2 saturated heterocycles. The summed E-state index contributed by atoms with van der Waals surface area (Å²) in [6.07, 6.45) is 2.85. The first-order valence-corrected chi connectivity index (χ1v) is 8.46. The van der Waals surface area contributed by atoms with Gasteiger partial charge in [0.1, 0.15) is 0 Å². The molecule has 11 heavy (non-hydrogen) atoms. The van der Waals surface area contributed by atoms with E-state index in [0.717, 1.165) is 0 Å². The SMILES string of the molecule is C1CSSC1.C1CSSC1.[Ni]. The molecule has 0 saturated carbocycles. The maximum atomic E-state index is 1.99. The zero-order valence-corrected chi connectivity index (χ0v) is 10.4. The van der Waals surface area contributed by atoms with Gasteiger partial charge in [0.05, 0.1) is 0 Å². The predicted octanol–water partition coefficient (Wildman–Crippen LogP) is 3.54. The van der Waals surface area contributed by atoms with Gasteiger partial charge < -0.3 is 0 Å². The third kappa shape index (κ3) is 8.23. The molecule has 0 radical (unpaired) electrons. The molecule has 0 spiro atoms. The third-order valence-electron chi connectivity index (χ3n) is 1.08. The van der Waals surface area contributed by atoms with Crippen LogP contribution in [-0.2, 0) is 16.5 Å². The number of rotatable bonds is 0. The fraction of sp³-hybridized carbons (Fsp3) is 1.00. The molecule has 2 heterocycles. The Morgan fingerprint density at radius 2 is 0.818 bits per heavy atom. The van der Waals surface area contributed by atoms with Crippen LogP contribution in [0.1, 0.15) is 12.8 Å². The summed E-state index contributed by atoms with van der Waals surface area (Å²) >= 11 is 0. The monoisotopic (exact) mass is 270 g/mol. The first-order valence-electron chi connectivity index (χ1n) is 3.49. The van der Waals surface area contributed by atoms with Crippen molar-refractivity contribution in [2.45, 2.75) is 12.8 Å². The zero-order chi connectivity index (χ0) is 7.07. The van der Waals surface area contributed by atoms with Gasteiger partial charge in [-0.2, -0.15) is 0 Å². The Morgan fingerprint density at radius 3 is 0.909 bits per heavy atom. The normalized spacial score (nSPS) is 21.8. The zero-order valence-electron chi connectivity index (χ0n) is 6.19. The molecule has 0 nitrogen and oxygen atoms in total. The van der Waals surface area contributed by atoms with Gasteiger partial charge in [0.15, 0.2) is 0 Å². The molecule has 0 aromatic carbocycles. The summed E-state index contributed by atoms with van der Waals surface area (Å²) in [6, 6.07) is 0. The second-order valence-corrected chi connectivity index (χ2v) is 7.40. The van der Waals surface area contributed by atoms with Crippen LogP contribution in [-0.4, -0.2) is 23.0 Å². The van der Waals surface area contributed by atoms with Gasteiger partial charge in [0.2, 0.25) is 0 Å². The van der Waals surface area contributed by atoms with Crippen molar-refractivity contribution in [3.05, 3.63) is 0 Å². The van der Waals surface area contributed by atoms with Crippen molar-refractivity contribution in [2.75, 3.05) is 23.0 Å². The topological polar surface area (TPSA) is 0 Å². The van der Waals surface area contributed by atoms with Crippen molar-refractivity contribution >= 4 is 43.2 Å². The summed E-state index contributed by atoms with van der Waals surface area (Å²) in [5, 5.41) is 0. The first-order chi connectivity index (χ1) is 5.00. The molecular formula is C6H12NiS4. The second-order valence-electron chi connectivity index (χ2n) is 2.00. The minimum atomic E-state index is 0. The molecule has 2 aliphatic heterocycles. The largest absolute Gasteiger partial charge is 0.0941 e. The van der Waals surface area contributed by atoms with Gasteiger partial charge >= 0.3 is 0 Å². The number of hydrogen-bond acceptors (Lipinski definition) is 4. The van der Waals surface area contributed by atoms with Crippen molar-refractivity contribution in [3.63, 3.8) is 0 Å². The Morgan fingerprint density at radius 1 is 0.545 bits per heavy atom. The Kier molecular flexibility index (Phi) is 11.7. The van der Waals surface area contributed by atoms with E-state index in [4.69, 9.17) is 0 Å². The van der Waals surface area contributed by atoms with Gasteiger partial charge in [-0.25, -0.2) is 0 Å². The molecule has 0 unspecified atom stereocenters. The predicted molar refractivity (Wildman–Crippen MR) is 59.1 cm³/mol. The summed E-state index contributed by atoms with van der Waals surface area (Å²) in [6.45, 7) is 0. The maximum absolute atomic E-state index is 1.99. The second kappa shape index (κ2) is 9.98. The van der Waals surface area contributed by atoms with E-state index in [-0.39, 0.29) is 16.5 Å². The van der Waals surface area contributed by atoms with Crippen LogP contribution in [0.4, 0.5) is 0 Å². The Hall–Kier alpha value is 1.89. The molecule has 0 N–H and O–H groups in total. The molecule has 0 bridgehead atoms. The van der Waals surface area contributed by atoms with E-state index < -0.39 is 0 Å². The Bertz CT molecular complexity index is 47.8.